The molecule has 3 heterocycles. The van der Waals surface area contributed by atoms with Crippen molar-refractivity contribution in [1.82, 2.24) is 30.0 Å². The number of aromatic nitrogens is 4. The van der Waals surface area contributed by atoms with Crippen LogP contribution in [-0.4, -0.2) is 56.2 Å². The van der Waals surface area contributed by atoms with Gasteiger partial charge in [0, 0.05) is 31.5 Å². The van der Waals surface area contributed by atoms with E-state index in [2.05, 4.69) is 44.4 Å². The number of anilines is 2. The first-order valence-corrected chi connectivity index (χ1v) is 11.6. The lowest BCUT2D eigenvalue weighted by Crippen LogP contribution is -2.46. The molecule has 8 nitrogen and oxygen atoms in total. The van der Waals surface area contributed by atoms with Crippen molar-refractivity contribution in [2.24, 2.45) is 13.0 Å². The number of nitrogens with one attached hydrogen (secondary N) is 2. The number of aryl methyl sites for hydroxylation is 2. The Morgan fingerprint density at radius 2 is 1.91 bits per heavy atom. The van der Waals surface area contributed by atoms with Crippen molar-refractivity contribution in [2.75, 3.05) is 25.0 Å². The molecule has 0 aliphatic carbocycles. The van der Waals surface area contributed by atoms with Crippen LogP contribution in [0.25, 0.3) is 11.4 Å². The number of likely N-dealkylation sites (tertiary alicyclic amines) is 1. The van der Waals surface area contributed by atoms with E-state index in [0.29, 0.717) is 28.9 Å². The van der Waals surface area contributed by atoms with Crippen molar-refractivity contribution in [1.29, 1.82) is 0 Å². The molecule has 1 saturated heterocycles. The first kappa shape index (κ1) is 22.9. The lowest BCUT2D eigenvalue weighted by molar-refractivity contribution is 0.0903. The third-order valence-corrected chi connectivity index (χ3v) is 6.08. The van der Waals surface area contributed by atoms with Crippen molar-refractivity contribution >= 4 is 17.5 Å². The molecule has 33 heavy (non-hydrogen) atoms. The molecule has 1 fully saturated rings. The zero-order valence-electron chi connectivity index (χ0n) is 19.9. The Hall–Kier alpha value is -3.26. The topological polar surface area (TPSA) is 88.0 Å². The molecule has 4 rings (SSSR count). The molecule has 1 aliphatic rings. The van der Waals surface area contributed by atoms with Crippen LogP contribution in [0, 0.1) is 12.8 Å². The number of hydrogen-bond acceptors (Lipinski definition) is 6. The van der Waals surface area contributed by atoms with Crippen molar-refractivity contribution < 1.29 is 4.79 Å². The molecule has 1 aromatic carbocycles. The van der Waals surface area contributed by atoms with Crippen molar-refractivity contribution in [3.8, 4) is 11.4 Å². The van der Waals surface area contributed by atoms with Crippen molar-refractivity contribution in [2.45, 2.75) is 39.7 Å². The van der Waals surface area contributed by atoms with Crippen LogP contribution in [0.2, 0.25) is 0 Å². The third kappa shape index (κ3) is 5.76. The quantitative estimate of drug-likeness (QED) is 0.546. The van der Waals surface area contributed by atoms with E-state index >= 15 is 0 Å². The summed E-state index contributed by atoms with van der Waals surface area (Å²) >= 11 is 0. The Balaban J connectivity index is 1.48. The fourth-order valence-corrected chi connectivity index (χ4v) is 4.13. The normalized spacial score (nSPS) is 15.1. The molecule has 2 aromatic heterocycles. The Kier molecular flexibility index (Phi) is 7.03. The highest BCUT2D eigenvalue weighted by Gasteiger charge is 2.24. The van der Waals surface area contributed by atoms with Gasteiger partial charge < -0.3 is 15.5 Å². The van der Waals surface area contributed by atoms with E-state index in [4.69, 9.17) is 0 Å². The van der Waals surface area contributed by atoms with Gasteiger partial charge in [-0.25, -0.2) is 9.97 Å². The number of rotatable bonds is 8. The molecule has 0 radical (unpaired) electrons. The second kappa shape index (κ2) is 10.1. The van der Waals surface area contributed by atoms with Gasteiger partial charge in [-0.3, -0.25) is 9.48 Å². The lowest BCUT2D eigenvalue weighted by Gasteiger charge is -2.27. The van der Waals surface area contributed by atoms with Crippen LogP contribution < -0.4 is 10.6 Å². The molecule has 0 bridgehead atoms. The molecule has 3 aromatic rings. The van der Waals surface area contributed by atoms with Gasteiger partial charge in [-0.05, 0) is 68.6 Å². The highest BCUT2D eigenvalue weighted by Crippen LogP contribution is 2.20. The van der Waals surface area contributed by atoms with Crippen LogP contribution in [-0.2, 0) is 7.05 Å². The van der Waals surface area contributed by atoms with E-state index in [-0.39, 0.29) is 11.9 Å². The number of carbonyl (C=O) groups is 1. The smallest absolute Gasteiger partial charge is 0.269 e. The fraction of sp³-hybridized carbons (Fsp3) is 0.440. The molecule has 1 aliphatic heterocycles. The largest absolute Gasteiger partial charge is 0.346 e. The highest BCUT2D eigenvalue weighted by atomic mass is 16.2. The predicted octanol–water partition coefficient (Wildman–Crippen LogP) is 3.78. The molecule has 8 heteroatoms. The molecule has 0 spiro atoms. The Morgan fingerprint density at radius 1 is 1.12 bits per heavy atom. The van der Waals surface area contributed by atoms with Gasteiger partial charge in [0.1, 0.15) is 11.4 Å². The van der Waals surface area contributed by atoms with Crippen molar-refractivity contribution in [3.63, 3.8) is 0 Å². The van der Waals surface area contributed by atoms with Gasteiger partial charge in [0.25, 0.3) is 5.91 Å². The third-order valence-electron chi connectivity index (χ3n) is 6.08. The minimum absolute atomic E-state index is 0.0955. The lowest BCUT2D eigenvalue weighted by atomic mass is 10.0. The van der Waals surface area contributed by atoms with Crippen LogP contribution in [0.1, 0.15) is 42.7 Å². The minimum Gasteiger partial charge on any atom is -0.346 e. The summed E-state index contributed by atoms with van der Waals surface area (Å²) in [5.41, 5.74) is 3.89. The summed E-state index contributed by atoms with van der Waals surface area (Å²) in [4.78, 5) is 24.5. The van der Waals surface area contributed by atoms with Gasteiger partial charge >= 0.3 is 0 Å². The van der Waals surface area contributed by atoms with Gasteiger partial charge in [0.15, 0.2) is 0 Å². The standard InChI is InChI=1S/C25H33N7O/c1-17(2)22(16-32-12-5-6-13-32)28-24(33)23-15-21(30-31(23)4)20-10-11-26-25(29-20)27-19-9-7-8-18(3)14-19/h7-11,14-15,17,22H,5-6,12-13,16H2,1-4H3,(H,28,33)(H,26,27,29). The number of amides is 1. The zero-order chi connectivity index (χ0) is 23.4. The predicted molar refractivity (Wildman–Crippen MR) is 130 cm³/mol. The Bertz CT molecular complexity index is 1100. The van der Waals surface area contributed by atoms with E-state index in [0.717, 1.165) is 30.9 Å². The number of benzene rings is 1. The van der Waals surface area contributed by atoms with Crippen molar-refractivity contribution in [3.05, 3.63) is 53.9 Å². The van der Waals surface area contributed by atoms with E-state index in [1.165, 1.54) is 12.8 Å². The molecule has 174 valence electrons. The van der Waals surface area contributed by atoms with E-state index in [1.54, 1.807) is 30.1 Å². The maximum absolute atomic E-state index is 13.1. The SMILES string of the molecule is Cc1cccc(Nc2nccc(-c3cc(C(=O)NC(CN4CCCC4)C(C)C)n(C)n3)n2)c1. The molecular weight excluding hydrogens is 414 g/mol. The number of hydrogen-bond donors (Lipinski definition) is 2. The maximum atomic E-state index is 13.1. The average Bonchev–Trinajstić information content (AvgIpc) is 3.43. The summed E-state index contributed by atoms with van der Waals surface area (Å²) in [6.45, 7) is 9.45. The minimum atomic E-state index is -0.110. The summed E-state index contributed by atoms with van der Waals surface area (Å²) < 4.78 is 1.62. The summed E-state index contributed by atoms with van der Waals surface area (Å²) in [5, 5.41) is 11.0. The summed E-state index contributed by atoms with van der Waals surface area (Å²) in [6, 6.07) is 11.7. The molecular formula is C25H33N7O. The molecule has 1 amide bonds. The summed E-state index contributed by atoms with van der Waals surface area (Å²) in [5.74, 6) is 0.723. The van der Waals surface area contributed by atoms with Gasteiger partial charge in [0.2, 0.25) is 5.95 Å². The van der Waals surface area contributed by atoms with E-state index in [9.17, 15) is 4.79 Å². The van der Waals surface area contributed by atoms with Gasteiger partial charge in [0.05, 0.1) is 5.69 Å². The van der Waals surface area contributed by atoms with Gasteiger partial charge in [-0.2, -0.15) is 5.10 Å². The van der Waals surface area contributed by atoms with Gasteiger partial charge in [-0.15, -0.1) is 0 Å². The van der Waals surface area contributed by atoms with E-state index in [1.807, 2.05) is 31.2 Å². The second-order valence-electron chi connectivity index (χ2n) is 9.13. The summed E-state index contributed by atoms with van der Waals surface area (Å²) in [6.07, 6.45) is 4.17. The van der Waals surface area contributed by atoms with Crippen LogP contribution in [0.3, 0.4) is 0 Å². The fourth-order valence-electron chi connectivity index (χ4n) is 4.13. The monoisotopic (exact) mass is 447 g/mol. The molecule has 1 atom stereocenters. The van der Waals surface area contributed by atoms with Crippen LogP contribution in [0.5, 0.6) is 0 Å². The summed E-state index contributed by atoms with van der Waals surface area (Å²) in [7, 11) is 1.79. The highest BCUT2D eigenvalue weighted by molar-refractivity contribution is 5.93. The molecule has 0 saturated carbocycles. The van der Waals surface area contributed by atoms with E-state index < -0.39 is 0 Å². The number of carbonyl (C=O) groups excluding carboxylic acids is 1. The van der Waals surface area contributed by atoms with Crippen LogP contribution in [0.4, 0.5) is 11.6 Å². The molecule has 1 unspecified atom stereocenters. The first-order chi connectivity index (χ1) is 15.9. The maximum Gasteiger partial charge on any atom is 0.269 e. The van der Waals surface area contributed by atoms with Crippen LogP contribution >= 0.6 is 0 Å². The second-order valence-corrected chi connectivity index (χ2v) is 9.13. The molecule has 2 N–H and O–H groups in total. The Morgan fingerprint density at radius 3 is 2.64 bits per heavy atom. The first-order valence-electron chi connectivity index (χ1n) is 11.6. The zero-order valence-corrected chi connectivity index (χ0v) is 19.9. The Labute approximate surface area is 195 Å². The van der Waals surface area contributed by atoms with Crippen LogP contribution in [0.15, 0.2) is 42.6 Å². The van der Waals surface area contributed by atoms with Gasteiger partial charge in [-0.1, -0.05) is 26.0 Å². The average molecular weight is 448 g/mol. The number of nitrogens with zero attached hydrogens (tertiary/aromatic N) is 5.